The molecule has 31 heavy (non-hydrogen) atoms. The van der Waals surface area contributed by atoms with E-state index < -0.39 is 18.0 Å². The molecule has 0 spiro atoms. The van der Waals surface area contributed by atoms with E-state index in [2.05, 4.69) is 17.0 Å². The summed E-state index contributed by atoms with van der Waals surface area (Å²) >= 11 is 0. The van der Waals surface area contributed by atoms with Crippen molar-refractivity contribution >= 4 is 28.5 Å². The fourth-order valence-corrected chi connectivity index (χ4v) is 4.29. The average molecular weight is 423 g/mol. The molecule has 1 aromatic heterocycles. The van der Waals surface area contributed by atoms with Gasteiger partial charge in [-0.1, -0.05) is 18.2 Å². The number of ether oxygens (including phenoxy) is 1. The van der Waals surface area contributed by atoms with Crippen LogP contribution in [0.4, 0.5) is 5.69 Å². The number of fused-ring (bicyclic) bond motifs is 1. The van der Waals surface area contributed by atoms with E-state index in [1.807, 2.05) is 23.1 Å². The minimum Gasteiger partial charge on any atom is -0.497 e. The Morgan fingerprint density at radius 3 is 2.35 bits per heavy atom. The molecular formula is C23H25N3O5. The summed E-state index contributed by atoms with van der Waals surface area (Å²) in [6.45, 7) is 2.36. The molecule has 1 aliphatic rings. The largest absolute Gasteiger partial charge is 0.497 e. The predicted molar refractivity (Wildman–Crippen MR) is 117 cm³/mol. The summed E-state index contributed by atoms with van der Waals surface area (Å²) in [4.78, 5) is 27.9. The summed E-state index contributed by atoms with van der Waals surface area (Å²) in [5.41, 5.74) is 2.38. The van der Waals surface area contributed by atoms with Gasteiger partial charge in [-0.25, -0.2) is 0 Å². The highest BCUT2D eigenvalue weighted by atomic mass is 16.5. The first-order valence-electron chi connectivity index (χ1n) is 10.1. The van der Waals surface area contributed by atoms with Crippen molar-refractivity contribution in [2.75, 3.05) is 38.2 Å². The molecule has 0 saturated carbocycles. The molecule has 1 saturated heterocycles. The molecule has 3 aromatic rings. The van der Waals surface area contributed by atoms with Gasteiger partial charge < -0.3 is 24.4 Å². The molecular weight excluding hydrogens is 398 g/mol. The Hall–Kier alpha value is -3.52. The van der Waals surface area contributed by atoms with E-state index in [0.717, 1.165) is 5.69 Å². The molecule has 0 bridgehead atoms. The number of carboxylic acid groups (broad SMARTS) is 2. The number of carboxylic acids is 2. The second-order valence-corrected chi connectivity index (χ2v) is 7.59. The first-order chi connectivity index (χ1) is 15.0. The highest BCUT2D eigenvalue weighted by Crippen LogP contribution is 2.34. The van der Waals surface area contributed by atoms with Crippen molar-refractivity contribution in [3.05, 3.63) is 60.3 Å². The van der Waals surface area contributed by atoms with E-state index in [1.54, 1.807) is 36.1 Å². The van der Waals surface area contributed by atoms with E-state index in [9.17, 15) is 19.8 Å². The minimum atomic E-state index is -0.984. The van der Waals surface area contributed by atoms with Gasteiger partial charge in [-0.2, -0.15) is 0 Å². The van der Waals surface area contributed by atoms with Crippen LogP contribution in [0.3, 0.4) is 0 Å². The number of aliphatic carboxylic acids is 2. The van der Waals surface area contributed by atoms with Crippen LogP contribution in [-0.4, -0.2) is 64.9 Å². The standard InChI is InChI=1S/C23H25N3O5/c1-31-17-7-8-20-18(13-17)19(14-26(20)15-21(27)28)22(23(29)30)25-11-9-24(10-12-25)16-5-3-2-4-6-16/h2-8,13-14,22H,9-12,15H2,1H3,(H,27,28)(H,29,30). The number of hydrogen-bond acceptors (Lipinski definition) is 5. The van der Waals surface area contributed by atoms with Gasteiger partial charge in [0.15, 0.2) is 0 Å². The fourth-order valence-electron chi connectivity index (χ4n) is 4.29. The summed E-state index contributed by atoms with van der Waals surface area (Å²) < 4.78 is 6.91. The smallest absolute Gasteiger partial charge is 0.325 e. The first-order valence-corrected chi connectivity index (χ1v) is 10.1. The lowest BCUT2D eigenvalue weighted by molar-refractivity contribution is -0.143. The number of carbonyl (C=O) groups is 2. The molecule has 2 N–H and O–H groups in total. The zero-order valence-electron chi connectivity index (χ0n) is 17.3. The van der Waals surface area contributed by atoms with Crippen molar-refractivity contribution in [1.29, 1.82) is 0 Å². The van der Waals surface area contributed by atoms with Gasteiger partial charge in [0.05, 0.1) is 7.11 Å². The Bertz CT molecular complexity index is 1090. The van der Waals surface area contributed by atoms with E-state index in [0.29, 0.717) is 48.4 Å². The Labute approximate surface area is 179 Å². The topological polar surface area (TPSA) is 95.2 Å². The van der Waals surface area contributed by atoms with Crippen molar-refractivity contribution in [3.8, 4) is 5.75 Å². The number of para-hydroxylation sites is 1. The minimum absolute atomic E-state index is 0.239. The van der Waals surface area contributed by atoms with Crippen LogP contribution in [0.25, 0.3) is 10.9 Å². The molecule has 2 heterocycles. The molecule has 2 aromatic carbocycles. The van der Waals surface area contributed by atoms with Gasteiger partial charge in [0.1, 0.15) is 18.3 Å². The number of methoxy groups -OCH3 is 1. The highest BCUT2D eigenvalue weighted by molar-refractivity contribution is 5.91. The first kappa shape index (κ1) is 20.7. The molecule has 1 aliphatic heterocycles. The number of nitrogens with zero attached hydrogens (tertiary/aromatic N) is 3. The lowest BCUT2D eigenvalue weighted by atomic mass is 10.0. The number of anilines is 1. The van der Waals surface area contributed by atoms with Crippen LogP contribution in [0.15, 0.2) is 54.7 Å². The van der Waals surface area contributed by atoms with Crippen LogP contribution in [-0.2, 0) is 16.1 Å². The Morgan fingerprint density at radius 1 is 1.03 bits per heavy atom. The number of piperazine rings is 1. The third-order valence-corrected chi connectivity index (χ3v) is 5.75. The molecule has 8 heteroatoms. The van der Waals surface area contributed by atoms with E-state index in [4.69, 9.17) is 4.74 Å². The third-order valence-electron chi connectivity index (χ3n) is 5.75. The number of benzene rings is 2. The summed E-state index contributed by atoms with van der Waals surface area (Å²) in [5.74, 6) is -1.34. The van der Waals surface area contributed by atoms with Crippen molar-refractivity contribution in [1.82, 2.24) is 9.47 Å². The Kier molecular flexibility index (Phi) is 5.81. The van der Waals surface area contributed by atoms with E-state index >= 15 is 0 Å². The molecule has 1 unspecified atom stereocenters. The number of aromatic nitrogens is 1. The van der Waals surface area contributed by atoms with Gasteiger partial charge >= 0.3 is 11.9 Å². The second kappa shape index (κ2) is 8.69. The van der Waals surface area contributed by atoms with Gasteiger partial charge in [-0.15, -0.1) is 0 Å². The van der Waals surface area contributed by atoms with Crippen LogP contribution in [0.1, 0.15) is 11.6 Å². The lowest BCUT2D eigenvalue weighted by Gasteiger charge is -2.38. The lowest BCUT2D eigenvalue weighted by Crippen LogP contribution is -2.49. The van der Waals surface area contributed by atoms with Gasteiger partial charge in [-0.05, 0) is 30.3 Å². The van der Waals surface area contributed by atoms with Crippen LogP contribution in [0, 0.1) is 0 Å². The molecule has 0 aliphatic carbocycles. The van der Waals surface area contributed by atoms with Crippen molar-refractivity contribution in [2.24, 2.45) is 0 Å². The van der Waals surface area contributed by atoms with Gasteiger partial charge in [0.25, 0.3) is 0 Å². The van der Waals surface area contributed by atoms with Crippen molar-refractivity contribution < 1.29 is 24.5 Å². The SMILES string of the molecule is COc1ccc2c(c1)c(C(C(=O)O)N1CCN(c3ccccc3)CC1)cn2CC(=O)O. The number of hydrogen-bond donors (Lipinski definition) is 2. The van der Waals surface area contributed by atoms with Gasteiger partial charge in [0.2, 0.25) is 0 Å². The molecule has 8 nitrogen and oxygen atoms in total. The summed E-state index contributed by atoms with van der Waals surface area (Å²) in [6.07, 6.45) is 1.65. The maximum absolute atomic E-state index is 12.4. The van der Waals surface area contributed by atoms with Crippen LogP contribution in [0.5, 0.6) is 5.75 Å². The molecule has 162 valence electrons. The van der Waals surface area contributed by atoms with Crippen LogP contribution in [0.2, 0.25) is 0 Å². The van der Waals surface area contributed by atoms with Gasteiger partial charge in [0, 0.05) is 54.5 Å². The predicted octanol–water partition coefficient (Wildman–Crippen LogP) is 2.68. The van der Waals surface area contributed by atoms with Gasteiger partial charge in [-0.3, -0.25) is 14.5 Å². The number of rotatable bonds is 7. The van der Waals surface area contributed by atoms with Crippen molar-refractivity contribution in [2.45, 2.75) is 12.6 Å². The second-order valence-electron chi connectivity index (χ2n) is 7.59. The normalized spacial score (nSPS) is 15.7. The maximum Gasteiger partial charge on any atom is 0.325 e. The average Bonchev–Trinajstić information content (AvgIpc) is 3.11. The van der Waals surface area contributed by atoms with Crippen LogP contribution >= 0.6 is 0 Å². The molecule has 0 amide bonds. The monoisotopic (exact) mass is 423 g/mol. The molecule has 1 atom stereocenters. The summed E-state index contributed by atoms with van der Waals surface area (Å²) in [5, 5.41) is 20.1. The van der Waals surface area contributed by atoms with Crippen molar-refractivity contribution in [3.63, 3.8) is 0 Å². The zero-order valence-corrected chi connectivity index (χ0v) is 17.3. The Balaban J connectivity index is 1.67. The zero-order chi connectivity index (χ0) is 22.0. The molecule has 0 radical (unpaired) electrons. The molecule has 4 rings (SSSR count). The maximum atomic E-state index is 12.4. The summed E-state index contributed by atoms with van der Waals surface area (Å²) in [6, 6.07) is 14.5. The molecule has 1 fully saturated rings. The Morgan fingerprint density at radius 2 is 1.74 bits per heavy atom. The quantitative estimate of drug-likeness (QED) is 0.603. The van der Waals surface area contributed by atoms with E-state index in [-0.39, 0.29) is 6.54 Å². The highest BCUT2D eigenvalue weighted by Gasteiger charge is 2.33. The van der Waals surface area contributed by atoms with Crippen LogP contribution < -0.4 is 9.64 Å². The summed E-state index contributed by atoms with van der Waals surface area (Å²) in [7, 11) is 1.55. The fraction of sp³-hybridized carbons (Fsp3) is 0.304. The van der Waals surface area contributed by atoms with E-state index in [1.165, 1.54) is 0 Å². The third kappa shape index (κ3) is 4.20.